The lowest BCUT2D eigenvalue weighted by Crippen LogP contribution is -2.43. The van der Waals surface area contributed by atoms with E-state index in [0.717, 1.165) is 39.2 Å². The van der Waals surface area contributed by atoms with E-state index < -0.39 is 0 Å². The molecule has 4 heteroatoms. The van der Waals surface area contributed by atoms with Crippen molar-refractivity contribution in [3.63, 3.8) is 0 Å². The SMILES string of the molecule is CCN1CCOC(Cn2cc3c(c2)C(N)CCC3)C1. The number of rotatable bonds is 3. The van der Waals surface area contributed by atoms with Gasteiger partial charge >= 0.3 is 0 Å². The first-order valence-electron chi connectivity index (χ1n) is 7.54. The molecule has 0 amide bonds. The zero-order valence-electron chi connectivity index (χ0n) is 11.8. The number of nitrogens with zero attached hydrogens (tertiary/aromatic N) is 2. The molecule has 1 aliphatic carbocycles. The zero-order chi connectivity index (χ0) is 13.2. The van der Waals surface area contributed by atoms with Crippen LogP contribution in [0.1, 0.15) is 36.9 Å². The first-order valence-corrected chi connectivity index (χ1v) is 7.54. The number of hydrogen-bond acceptors (Lipinski definition) is 3. The van der Waals surface area contributed by atoms with Crippen LogP contribution in [0.2, 0.25) is 0 Å². The molecule has 1 aromatic heterocycles. The van der Waals surface area contributed by atoms with E-state index in [4.69, 9.17) is 10.5 Å². The molecule has 19 heavy (non-hydrogen) atoms. The molecule has 2 heterocycles. The van der Waals surface area contributed by atoms with E-state index in [-0.39, 0.29) is 6.04 Å². The molecule has 1 aromatic rings. The van der Waals surface area contributed by atoms with Gasteiger partial charge in [0, 0.05) is 38.1 Å². The Kier molecular flexibility index (Phi) is 3.91. The Bertz CT molecular complexity index is 429. The molecular weight excluding hydrogens is 238 g/mol. The molecule has 4 nitrogen and oxygen atoms in total. The summed E-state index contributed by atoms with van der Waals surface area (Å²) in [5, 5.41) is 0. The number of hydrogen-bond donors (Lipinski definition) is 1. The molecule has 1 aliphatic heterocycles. The fourth-order valence-electron chi connectivity index (χ4n) is 3.30. The minimum Gasteiger partial charge on any atom is -0.374 e. The number of nitrogens with two attached hydrogens (primary N) is 1. The van der Waals surface area contributed by atoms with Crippen molar-refractivity contribution in [3.8, 4) is 0 Å². The van der Waals surface area contributed by atoms with Gasteiger partial charge in [0.05, 0.1) is 12.7 Å². The van der Waals surface area contributed by atoms with E-state index in [0.29, 0.717) is 6.10 Å². The van der Waals surface area contributed by atoms with Gasteiger partial charge in [-0.25, -0.2) is 0 Å². The quantitative estimate of drug-likeness (QED) is 0.899. The average molecular weight is 263 g/mol. The number of morpholine rings is 1. The number of aromatic nitrogens is 1. The predicted molar refractivity (Wildman–Crippen MR) is 76.2 cm³/mol. The van der Waals surface area contributed by atoms with E-state index in [1.807, 2.05) is 0 Å². The molecule has 0 aromatic carbocycles. The van der Waals surface area contributed by atoms with Gasteiger partial charge in [-0.1, -0.05) is 6.92 Å². The maximum Gasteiger partial charge on any atom is 0.0880 e. The number of aryl methyl sites for hydroxylation is 1. The van der Waals surface area contributed by atoms with Crippen molar-refractivity contribution >= 4 is 0 Å². The standard InChI is InChI=1S/C15H25N3O/c1-2-17-6-7-19-13(9-17)10-18-8-12-4-3-5-15(16)14(12)11-18/h8,11,13,15H,2-7,9-10,16H2,1H3. The molecule has 106 valence electrons. The number of ether oxygens (including phenoxy) is 1. The highest BCUT2D eigenvalue weighted by Crippen LogP contribution is 2.28. The first-order chi connectivity index (χ1) is 9.26. The molecule has 0 saturated carbocycles. The van der Waals surface area contributed by atoms with Gasteiger partial charge in [-0.3, -0.25) is 4.90 Å². The van der Waals surface area contributed by atoms with Crippen molar-refractivity contribution in [3.05, 3.63) is 23.5 Å². The smallest absolute Gasteiger partial charge is 0.0880 e. The van der Waals surface area contributed by atoms with Gasteiger partial charge in [0.1, 0.15) is 0 Å². The fourth-order valence-corrected chi connectivity index (χ4v) is 3.30. The largest absolute Gasteiger partial charge is 0.374 e. The third-order valence-corrected chi connectivity index (χ3v) is 4.44. The van der Waals surface area contributed by atoms with Gasteiger partial charge in [-0.05, 0) is 36.9 Å². The van der Waals surface area contributed by atoms with E-state index >= 15 is 0 Å². The molecule has 2 atom stereocenters. The van der Waals surface area contributed by atoms with E-state index in [1.54, 1.807) is 0 Å². The van der Waals surface area contributed by atoms with Crippen molar-refractivity contribution in [2.24, 2.45) is 5.73 Å². The highest BCUT2D eigenvalue weighted by atomic mass is 16.5. The van der Waals surface area contributed by atoms with Crippen molar-refractivity contribution in [1.82, 2.24) is 9.47 Å². The van der Waals surface area contributed by atoms with Crippen molar-refractivity contribution in [2.45, 2.75) is 44.9 Å². The minimum atomic E-state index is 0.240. The highest BCUT2D eigenvalue weighted by molar-refractivity contribution is 5.29. The summed E-state index contributed by atoms with van der Waals surface area (Å²) in [6.07, 6.45) is 8.37. The van der Waals surface area contributed by atoms with Crippen LogP contribution in [0.5, 0.6) is 0 Å². The number of fused-ring (bicyclic) bond motifs is 1. The molecular formula is C15H25N3O. The Morgan fingerprint density at radius 3 is 3.11 bits per heavy atom. The molecule has 0 bridgehead atoms. The molecule has 2 unspecified atom stereocenters. The molecule has 2 aliphatic rings. The summed E-state index contributed by atoms with van der Waals surface area (Å²) in [4.78, 5) is 2.46. The normalized spacial score (nSPS) is 28.3. The van der Waals surface area contributed by atoms with Crippen LogP contribution in [-0.4, -0.2) is 41.8 Å². The summed E-state index contributed by atoms with van der Waals surface area (Å²) < 4.78 is 8.17. The van der Waals surface area contributed by atoms with Crippen LogP contribution >= 0.6 is 0 Å². The van der Waals surface area contributed by atoms with Crippen molar-refractivity contribution < 1.29 is 4.74 Å². The Balaban J connectivity index is 1.66. The van der Waals surface area contributed by atoms with Gasteiger partial charge in [-0.2, -0.15) is 0 Å². The Morgan fingerprint density at radius 2 is 2.32 bits per heavy atom. The maximum absolute atomic E-state index is 6.18. The third-order valence-electron chi connectivity index (χ3n) is 4.44. The van der Waals surface area contributed by atoms with Crippen LogP contribution in [0.25, 0.3) is 0 Å². The topological polar surface area (TPSA) is 43.4 Å². The van der Waals surface area contributed by atoms with Crippen LogP contribution in [0, 0.1) is 0 Å². The van der Waals surface area contributed by atoms with Gasteiger partial charge in [-0.15, -0.1) is 0 Å². The monoisotopic (exact) mass is 263 g/mol. The average Bonchev–Trinajstić information content (AvgIpc) is 2.83. The Hall–Kier alpha value is -0.840. The van der Waals surface area contributed by atoms with Crippen LogP contribution in [-0.2, 0) is 17.7 Å². The van der Waals surface area contributed by atoms with Gasteiger partial charge in [0.2, 0.25) is 0 Å². The molecule has 1 saturated heterocycles. The summed E-state index contributed by atoms with van der Waals surface area (Å²) in [5.41, 5.74) is 8.99. The third kappa shape index (κ3) is 2.86. The Labute approximate surface area is 115 Å². The summed E-state index contributed by atoms with van der Waals surface area (Å²) in [5.74, 6) is 0. The summed E-state index contributed by atoms with van der Waals surface area (Å²) >= 11 is 0. The van der Waals surface area contributed by atoms with Crippen LogP contribution in [0.4, 0.5) is 0 Å². The van der Waals surface area contributed by atoms with E-state index in [2.05, 4.69) is 28.8 Å². The second kappa shape index (κ2) is 5.65. The highest BCUT2D eigenvalue weighted by Gasteiger charge is 2.22. The van der Waals surface area contributed by atoms with Crippen LogP contribution in [0.15, 0.2) is 12.4 Å². The first kappa shape index (κ1) is 13.2. The lowest BCUT2D eigenvalue weighted by Gasteiger charge is -2.32. The lowest BCUT2D eigenvalue weighted by atomic mass is 9.92. The Morgan fingerprint density at radius 1 is 1.42 bits per heavy atom. The summed E-state index contributed by atoms with van der Waals surface area (Å²) in [6, 6.07) is 0.240. The summed E-state index contributed by atoms with van der Waals surface area (Å²) in [6.45, 7) is 7.27. The maximum atomic E-state index is 6.18. The van der Waals surface area contributed by atoms with E-state index in [1.165, 1.54) is 24.0 Å². The molecule has 0 spiro atoms. The molecule has 3 rings (SSSR count). The molecule has 0 radical (unpaired) electrons. The molecule has 2 N–H and O–H groups in total. The van der Waals surface area contributed by atoms with Gasteiger partial charge in [0.25, 0.3) is 0 Å². The second-order valence-electron chi connectivity index (χ2n) is 5.82. The minimum absolute atomic E-state index is 0.240. The van der Waals surface area contributed by atoms with Crippen LogP contribution in [0.3, 0.4) is 0 Å². The van der Waals surface area contributed by atoms with E-state index in [9.17, 15) is 0 Å². The second-order valence-corrected chi connectivity index (χ2v) is 5.82. The number of likely N-dealkylation sites (N-methyl/N-ethyl adjacent to an activating group) is 1. The molecule has 1 fully saturated rings. The summed E-state index contributed by atoms with van der Waals surface area (Å²) in [7, 11) is 0. The van der Waals surface area contributed by atoms with Gasteiger partial charge < -0.3 is 15.0 Å². The van der Waals surface area contributed by atoms with Crippen molar-refractivity contribution in [1.29, 1.82) is 0 Å². The zero-order valence-corrected chi connectivity index (χ0v) is 11.8. The predicted octanol–water partition coefficient (Wildman–Crippen LogP) is 1.54. The van der Waals surface area contributed by atoms with Crippen LogP contribution < -0.4 is 5.73 Å². The van der Waals surface area contributed by atoms with Crippen molar-refractivity contribution in [2.75, 3.05) is 26.2 Å². The lowest BCUT2D eigenvalue weighted by molar-refractivity contribution is -0.0342. The van der Waals surface area contributed by atoms with Gasteiger partial charge in [0.15, 0.2) is 0 Å². The fraction of sp³-hybridized carbons (Fsp3) is 0.733.